The first-order valence-electron chi connectivity index (χ1n) is 8.64. The van der Waals surface area contributed by atoms with Crippen LogP contribution in [-0.2, 0) is 4.79 Å². The van der Waals surface area contributed by atoms with Crippen LogP contribution in [0.15, 0.2) is 28.6 Å². The molecule has 1 aliphatic rings. The minimum atomic E-state index is -0.131. The van der Waals surface area contributed by atoms with Gasteiger partial charge in [-0.1, -0.05) is 42.2 Å². The molecule has 1 aromatic carbocycles. The molecule has 1 amide bonds. The summed E-state index contributed by atoms with van der Waals surface area (Å²) in [7, 11) is 0. The average Bonchev–Trinajstić information content (AvgIpc) is 3.01. The van der Waals surface area contributed by atoms with Crippen molar-refractivity contribution in [3.63, 3.8) is 0 Å². The van der Waals surface area contributed by atoms with E-state index in [0.717, 1.165) is 47.0 Å². The second-order valence-electron chi connectivity index (χ2n) is 6.64. The largest absolute Gasteiger partial charge is 0.342 e. The summed E-state index contributed by atoms with van der Waals surface area (Å²) in [6, 6.07) is 8.14. The van der Waals surface area contributed by atoms with Crippen molar-refractivity contribution in [1.29, 1.82) is 0 Å². The molecule has 0 saturated carbocycles. The van der Waals surface area contributed by atoms with E-state index < -0.39 is 0 Å². The molecule has 1 fully saturated rings. The second-order valence-corrected chi connectivity index (χ2v) is 9.20. The fourth-order valence-electron chi connectivity index (χ4n) is 2.84. The number of likely N-dealkylation sites (tertiary alicyclic amines) is 1. The first-order valence-corrected chi connectivity index (χ1v) is 10.3. The molecular formula is C18H24N4OS2. The van der Waals surface area contributed by atoms with Gasteiger partial charge in [-0.05, 0) is 50.3 Å². The maximum atomic E-state index is 12.6. The zero-order chi connectivity index (χ0) is 17.8. The lowest BCUT2D eigenvalue weighted by Crippen LogP contribution is -2.41. The van der Waals surface area contributed by atoms with Crippen LogP contribution in [0.1, 0.15) is 32.3 Å². The fourth-order valence-corrected chi connectivity index (χ4v) is 4.84. The Morgan fingerprint density at radius 3 is 2.84 bits per heavy atom. The number of nitrogens with one attached hydrogen (secondary N) is 1. The van der Waals surface area contributed by atoms with E-state index in [1.54, 1.807) is 0 Å². The topological polar surface area (TPSA) is 58.1 Å². The number of anilines is 2. The third kappa shape index (κ3) is 4.95. The summed E-state index contributed by atoms with van der Waals surface area (Å²) < 4.78 is 0.821. The van der Waals surface area contributed by atoms with Crippen molar-refractivity contribution in [2.75, 3.05) is 18.4 Å². The van der Waals surface area contributed by atoms with Crippen LogP contribution in [0.3, 0.4) is 0 Å². The van der Waals surface area contributed by atoms with Crippen molar-refractivity contribution in [2.45, 2.75) is 43.2 Å². The number of hydrogen-bond acceptors (Lipinski definition) is 6. The lowest BCUT2D eigenvalue weighted by Gasteiger charge is -2.31. The molecule has 1 aromatic heterocycles. The van der Waals surface area contributed by atoms with E-state index >= 15 is 0 Å². The Morgan fingerprint density at radius 1 is 1.36 bits per heavy atom. The fraction of sp³-hybridized carbons (Fsp3) is 0.500. The Hall–Kier alpha value is -1.60. The van der Waals surface area contributed by atoms with Gasteiger partial charge in [0.05, 0.1) is 5.25 Å². The van der Waals surface area contributed by atoms with E-state index in [4.69, 9.17) is 0 Å². The summed E-state index contributed by atoms with van der Waals surface area (Å²) in [5.74, 6) is 0.936. The van der Waals surface area contributed by atoms with Gasteiger partial charge in [0, 0.05) is 18.8 Å². The van der Waals surface area contributed by atoms with Crippen molar-refractivity contribution in [3.8, 4) is 0 Å². The molecule has 0 radical (unpaired) electrons. The summed E-state index contributed by atoms with van der Waals surface area (Å²) >= 11 is 2.98. The highest BCUT2D eigenvalue weighted by atomic mass is 32.2. The van der Waals surface area contributed by atoms with Crippen LogP contribution in [0.2, 0.25) is 0 Å². The molecule has 1 aliphatic heterocycles. The number of carbonyl (C=O) groups excluding carboxylic acids is 1. The van der Waals surface area contributed by atoms with Crippen molar-refractivity contribution >= 4 is 39.8 Å². The molecule has 3 rings (SSSR count). The Balaban J connectivity index is 1.56. The number of hydrogen-bond donors (Lipinski definition) is 1. The van der Waals surface area contributed by atoms with E-state index in [1.165, 1.54) is 28.7 Å². The zero-order valence-electron chi connectivity index (χ0n) is 14.9. The predicted molar refractivity (Wildman–Crippen MR) is 105 cm³/mol. The smallest absolute Gasteiger partial charge is 0.235 e. The molecule has 0 bridgehead atoms. The molecule has 0 unspecified atom stereocenters. The Kier molecular flexibility index (Phi) is 5.96. The third-order valence-electron chi connectivity index (χ3n) is 4.40. The number of aromatic nitrogens is 2. The van der Waals surface area contributed by atoms with E-state index in [0.29, 0.717) is 0 Å². The van der Waals surface area contributed by atoms with Gasteiger partial charge < -0.3 is 10.2 Å². The van der Waals surface area contributed by atoms with Crippen molar-refractivity contribution in [1.82, 2.24) is 15.1 Å². The SMILES string of the molecule is Cc1cccc(Nc2nnc(S[C@H](C)C(=O)N3CCC(C)CC3)s2)c1. The summed E-state index contributed by atoms with van der Waals surface area (Å²) in [5, 5.41) is 12.3. The minimum absolute atomic E-state index is 0.131. The van der Waals surface area contributed by atoms with Gasteiger partial charge in [-0.2, -0.15) is 0 Å². The minimum Gasteiger partial charge on any atom is -0.342 e. The van der Waals surface area contributed by atoms with E-state index in [9.17, 15) is 4.79 Å². The van der Waals surface area contributed by atoms with Crippen molar-refractivity contribution in [3.05, 3.63) is 29.8 Å². The number of thioether (sulfide) groups is 1. The summed E-state index contributed by atoms with van der Waals surface area (Å²) in [5.41, 5.74) is 2.19. The van der Waals surface area contributed by atoms with Crippen LogP contribution < -0.4 is 5.32 Å². The monoisotopic (exact) mass is 376 g/mol. The first-order chi connectivity index (χ1) is 12.0. The van der Waals surface area contributed by atoms with E-state index in [-0.39, 0.29) is 11.2 Å². The summed E-state index contributed by atoms with van der Waals surface area (Å²) in [6.45, 7) is 8.02. The van der Waals surface area contributed by atoms with E-state index in [2.05, 4.69) is 41.5 Å². The van der Waals surface area contributed by atoms with Crippen LogP contribution >= 0.6 is 23.1 Å². The van der Waals surface area contributed by atoms with Crippen molar-refractivity contribution in [2.24, 2.45) is 5.92 Å². The molecule has 7 heteroatoms. The Labute approximate surface area is 157 Å². The quantitative estimate of drug-likeness (QED) is 0.787. The number of carbonyl (C=O) groups is 1. The number of benzene rings is 1. The van der Waals surface area contributed by atoms with Crippen molar-refractivity contribution < 1.29 is 4.79 Å². The highest BCUT2D eigenvalue weighted by molar-refractivity contribution is 8.02. The zero-order valence-corrected chi connectivity index (χ0v) is 16.5. The van der Waals surface area contributed by atoms with Gasteiger partial charge in [-0.3, -0.25) is 4.79 Å². The standard InChI is InChI=1S/C18H24N4OS2/c1-12-7-9-22(10-8-12)16(23)14(3)24-18-21-20-17(25-18)19-15-6-4-5-13(2)11-15/h4-6,11-12,14H,7-10H2,1-3H3,(H,19,20)/t14-/m1/s1. The maximum absolute atomic E-state index is 12.6. The second kappa shape index (κ2) is 8.19. The summed E-state index contributed by atoms with van der Waals surface area (Å²) in [4.78, 5) is 14.6. The first kappa shape index (κ1) is 18.2. The maximum Gasteiger partial charge on any atom is 0.235 e. The molecule has 134 valence electrons. The van der Waals surface area contributed by atoms with Gasteiger partial charge in [-0.25, -0.2) is 0 Å². The Bertz CT molecular complexity index is 725. The number of aryl methyl sites for hydroxylation is 1. The summed E-state index contributed by atoms with van der Waals surface area (Å²) in [6.07, 6.45) is 2.21. The molecule has 1 N–H and O–H groups in total. The van der Waals surface area contributed by atoms with Crippen LogP contribution in [0.4, 0.5) is 10.8 Å². The highest BCUT2D eigenvalue weighted by Gasteiger charge is 2.25. The normalized spacial score (nSPS) is 16.7. The van der Waals surface area contributed by atoms with Gasteiger partial charge in [0.15, 0.2) is 4.34 Å². The molecule has 0 aliphatic carbocycles. The Morgan fingerprint density at radius 2 is 2.12 bits per heavy atom. The number of piperidine rings is 1. The van der Waals surface area contributed by atoms with E-state index in [1.807, 2.05) is 24.0 Å². The number of rotatable bonds is 5. The van der Waals surface area contributed by atoms with Crippen LogP contribution in [0.25, 0.3) is 0 Å². The lowest BCUT2D eigenvalue weighted by atomic mass is 9.99. The number of nitrogens with zero attached hydrogens (tertiary/aromatic N) is 3. The highest BCUT2D eigenvalue weighted by Crippen LogP contribution is 2.31. The van der Waals surface area contributed by atoms with Crippen LogP contribution in [0, 0.1) is 12.8 Å². The third-order valence-corrected chi connectivity index (χ3v) is 6.41. The van der Waals surface area contributed by atoms with Gasteiger partial charge in [0.1, 0.15) is 0 Å². The molecule has 0 spiro atoms. The van der Waals surface area contributed by atoms with Gasteiger partial charge >= 0.3 is 0 Å². The average molecular weight is 377 g/mol. The molecule has 25 heavy (non-hydrogen) atoms. The predicted octanol–water partition coefficient (Wildman–Crippen LogP) is 4.33. The van der Waals surface area contributed by atoms with Gasteiger partial charge in [0.25, 0.3) is 0 Å². The molecule has 1 saturated heterocycles. The molecule has 2 aromatic rings. The molecule has 1 atom stereocenters. The van der Waals surface area contributed by atoms with Crippen LogP contribution in [0.5, 0.6) is 0 Å². The van der Waals surface area contributed by atoms with Crippen LogP contribution in [-0.4, -0.2) is 39.3 Å². The van der Waals surface area contributed by atoms with Gasteiger partial charge in [0.2, 0.25) is 11.0 Å². The number of amides is 1. The molecule has 5 nitrogen and oxygen atoms in total. The van der Waals surface area contributed by atoms with Gasteiger partial charge in [-0.15, -0.1) is 10.2 Å². The lowest BCUT2D eigenvalue weighted by molar-refractivity contribution is -0.131. The molecule has 2 heterocycles. The molecular weight excluding hydrogens is 352 g/mol.